The van der Waals surface area contributed by atoms with Crippen LogP contribution in [0.5, 0.6) is 0 Å². The van der Waals surface area contributed by atoms with E-state index >= 15 is 0 Å². The van der Waals surface area contributed by atoms with Crippen LogP contribution in [-0.4, -0.2) is 193 Å². The number of amides is 1. The van der Waals surface area contributed by atoms with E-state index in [0.717, 1.165) is 77.0 Å². The first kappa shape index (κ1) is 93.0. The Balaban J connectivity index is 1.35. The maximum atomic E-state index is 13.5. The summed E-state index contributed by atoms with van der Waals surface area (Å²) in [6, 6.07) is -0.892. The molecule has 3 rings (SSSR count). The first-order valence-corrected chi connectivity index (χ1v) is 41.4. The summed E-state index contributed by atoms with van der Waals surface area (Å²) in [5, 5.41) is 121. The molecule has 3 aliphatic rings. The van der Waals surface area contributed by atoms with Crippen molar-refractivity contribution in [3.05, 3.63) is 48.6 Å². The quantitative estimate of drug-likeness (QED) is 0.0199. The lowest BCUT2D eigenvalue weighted by Crippen LogP contribution is -2.66. The van der Waals surface area contributed by atoms with Gasteiger partial charge in [0.05, 0.1) is 38.6 Å². The van der Waals surface area contributed by atoms with Crippen LogP contribution in [0.3, 0.4) is 0 Å². The van der Waals surface area contributed by atoms with Gasteiger partial charge >= 0.3 is 0 Å². The minimum atomic E-state index is -1.97. The van der Waals surface area contributed by atoms with Crippen LogP contribution in [0.15, 0.2) is 48.6 Å². The highest BCUT2D eigenvalue weighted by Gasteiger charge is 2.54. The molecule has 101 heavy (non-hydrogen) atoms. The standard InChI is InChI=1S/C82H151NO18/c1-3-5-7-9-11-13-15-17-19-21-23-25-27-29-30-31-32-33-34-36-37-39-41-43-45-47-49-51-53-55-57-59-66(87)65(83-70(88)60-58-56-54-52-50-48-46-44-42-40-38-35-28-26-24-22-20-18-16-14-12-10-8-6-4-2)64-96-80-76(94)73(91)78(68(62-85)98-80)101-82-77(95)74(92)79(69(63-86)99-82)100-81-75(93)72(90)71(89)67(61-84)97-81/h6,8,12,14,18,20,24,26,65-69,71-82,84-87,89-95H,3-5,7,9-11,13,15-17,19,21-23,25,27-64H2,1-2H3,(H,83,88)/b8-6-,14-12-,20-18-,26-24-. The summed E-state index contributed by atoms with van der Waals surface area (Å²) in [6.45, 7) is 1.74. The number of rotatable bonds is 66. The van der Waals surface area contributed by atoms with Crippen LogP contribution in [0, 0.1) is 0 Å². The predicted molar refractivity (Wildman–Crippen MR) is 402 cm³/mol. The van der Waals surface area contributed by atoms with Crippen molar-refractivity contribution in [3.8, 4) is 0 Å². The summed E-state index contributed by atoms with van der Waals surface area (Å²) in [5.41, 5.74) is 0. The van der Waals surface area contributed by atoms with Crippen LogP contribution in [-0.2, 0) is 33.2 Å². The zero-order chi connectivity index (χ0) is 73.2. The van der Waals surface area contributed by atoms with Crippen molar-refractivity contribution < 1.29 is 89.4 Å². The average Bonchev–Trinajstić information content (AvgIpc) is 0.782. The Morgan fingerprint density at radius 3 is 1.07 bits per heavy atom. The minimum absolute atomic E-state index is 0.242. The molecule has 19 nitrogen and oxygen atoms in total. The van der Waals surface area contributed by atoms with Crippen LogP contribution < -0.4 is 5.32 Å². The van der Waals surface area contributed by atoms with Gasteiger partial charge in [0.2, 0.25) is 5.91 Å². The van der Waals surface area contributed by atoms with Gasteiger partial charge in [-0.3, -0.25) is 4.79 Å². The zero-order valence-corrected chi connectivity index (χ0v) is 63.4. The van der Waals surface area contributed by atoms with Crippen LogP contribution in [0.4, 0.5) is 0 Å². The molecule has 3 saturated heterocycles. The van der Waals surface area contributed by atoms with Gasteiger partial charge in [-0.05, 0) is 51.4 Å². The lowest BCUT2D eigenvalue weighted by molar-refractivity contribution is -0.379. The lowest BCUT2D eigenvalue weighted by Gasteiger charge is -2.48. The first-order chi connectivity index (χ1) is 49.3. The van der Waals surface area contributed by atoms with Crippen molar-refractivity contribution in [2.75, 3.05) is 26.4 Å². The highest BCUT2D eigenvalue weighted by atomic mass is 16.8. The van der Waals surface area contributed by atoms with Gasteiger partial charge in [0.15, 0.2) is 18.9 Å². The number of aliphatic hydroxyl groups excluding tert-OH is 11. The fraction of sp³-hybridized carbons (Fsp3) is 0.890. The summed E-state index contributed by atoms with van der Waals surface area (Å²) >= 11 is 0. The van der Waals surface area contributed by atoms with E-state index in [9.17, 15) is 61.0 Å². The van der Waals surface area contributed by atoms with Gasteiger partial charge in [-0.15, -0.1) is 0 Å². The summed E-state index contributed by atoms with van der Waals surface area (Å²) in [4.78, 5) is 13.5. The molecule has 592 valence electrons. The molecule has 0 radical (unpaired) electrons. The molecule has 0 saturated carbocycles. The second-order valence-electron chi connectivity index (χ2n) is 29.6. The van der Waals surface area contributed by atoms with Gasteiger partial charge in [0.1, 0.15) is 73.2 Å². The van der Waals surface area contributed by atoms with Gasteiger partial charge in [-0.2, -0.15) is 0 Å². The zero-order valence-electron chi connectivity index (χ0n) is 63.4. The van der Waals surface area contributed by atoms with Gasteiger partial charge in [0, 0.05) is 6.42 Å². The lowest BCUT2D eigenvalue weighted by atomic mass is 9.96. The topological polar surface area (TPSA) is 307 Å². The normalized spacial score (nSPS) is 26.5. The van der Waals surface area contributed by atoms with Crippen molar-refractivity contribution in [1.82, 2.24) is 5.32 Å². The average molecular weight is 1440 g/mol. The molecule has 19 heteroatoms. The Labute approximate surface area is 612 Å². The van der Waals surface area contributed by atoms with Gasteiger partial charge in [0.25, 0.3) is 0 Å². The number of carbonyl (C=O) groups is 1. The Morgan fingerprint density at radius 2 is 0.683 bits per heavy atom. The molecule has 1 amide bonds. The minimum Gasteiger partial charge on any atom is -0.394 e. The molecule has 0 aromatic carbocycles. The molecular formula is C82H151NO18. The van der Waals surface area contributed by atoms with Gasteiger partial charge in [-0.25, -0.2) is 0 Å². The number of ether oxygens (including phenoxy) is 6. The SMILES string of the molecule is CC/C=C\C/C=C\C/C=C\C/C=C\CCCCCCCCCCCCCCC(=O)NC(COC1OC(CO)C(OC2OC(CO)C(OC3OC(CO)C(O)C(O)C3O)C(O)C2O)C(O)C1O)C(O)CCCCCCCCCCCCCCCCCCCCCCCCCCCCCCCCC. The Morgan fingerprint density at radius 1 is 0.366 bits per heavy atom. The van der Waals surface area contributed by atoms with Crippen LogP contribution in [0.25, 0.3) is 0 Å². The summed E-state index contributed by atoms with van der Waals surface area (Å²) in [7, 11) is 0. The van der Waals surface area contributed by atoms with E-state index in [2.05, 4.69) is 67.8 Å². The Kier molecular flexibility index (Phi) is 57.8. The first-order valence-electron chi connectivity index (χ1n) is 41.4. The number of hydrogen-bond acceptors (Lipinski definition) is 18. The van der Waals surface area contributed by atoms with E-state index in [1.165, 1.54) is 225 Å². The summed E-state index contributed by atoms with van der Waals surface area (Å²) in [5.74, 6) is -0.242. The summed E-state index contributed by atoms with van der Waals surface area (Å²) < 4.78 is 34.5. The number of hydrogen-bond donors (Lipinski definition) is 12. The fourth-order valence-corrected chi connectivity index (χ4v) is 14.1. The second kappa shape index (κ2) is 62.8. The molecular weight excluding hydrogens is 1290 g/mol. The summed E-state index contributed by atoms with van der Waals surface area (Å²) in [6.07, 6.45) is 52.0. The second-order valence-corrected chi connectivity index (χ2v) is 29.6. The predicted octanol–water partition coefficient (Wildman–Crippen LogP) is 14.1. The van der Waals surface area contributed by atoms with E-state index in [-0.39, 0.29) is 18.9 Å². The maximum absolute atomic E-state index is 13.5. The monoisotopic (exact) mass is 1440 g/mol. The van der Waals surface area contributed by atoms with E-state index in [1.54, 1.807) is 0 Å². The third kappa shape index (κ3) is 42.8. The Bertz CT molecular complexity index is 2010. The number of allylic oxidation sites excluding steroid dienone is 8. The van der Waals surface area contributed by atoms with E-state index < -0.39 is 124 Å². The largest absolute Gasteiger partial charge is 0.394 e. The van der Waals surface area contributed by atoms with Crippen molar-refractivity contribution in [3.63, 3.8) is 0 Å². The molecule has 17 atom stereocenters. The van der Waals surface area contributed by atoms with Gasteiger partial charge in [-0.1, -0.05) is 326 Å². The number of nitrogens with one attached hydrogen (secondary N) is 1. The third-order valence-corrected chi connectivity index (χ3v) is 20.7. The molecule has 3 aliphatic heterocycles. The van der Waals surface area contributed by atoms with Crippen molar-refractivity contribution in [2.24, 2.45) is 0 Å². The van der Waals surface area contributed by atoms with Crippen molar-refractivity contribution in [2.45, 2.75) is 439 Å². The van der Waals surface area contributed by atoms with Crippen molar-refractivity contribution in [1.29, 1.82) is 0 Å². The highest BCUT2D eigenvalue weighted by molar-refractivity contribution is 5.76. The van der Waals surface area contributed by atoms with Gasteiger partial charge < -0.3 is 89.9 Å². The van der Waals surface area contributed by atoms with Crippen LogP contribution >= 0.6 is 0 Å². The molecule has 0 aliphatic carbocycles. The molecule has 0 spiro atoms. The molecule has 3 fully saturated rings. The molecule has 12 N–H and O–H groups in total. The Hall–Kier alpha value is -2.25. The van der Waals surface area contributed by atoms with E-state index in [4.69, 9.17) is 28.4 Å². The number of unbranched alkanes of at least 4 members (excludes halogenated alkanes) is 42. The molecule has 0 aromatic heterocycles. The molecule has 17 unspecified atom stereocenters. The highest BCUT2D eigenvalue weighted by Crippen LogP contribution is 2.33. The molecule has 3 heterocycles. The number of carbonyl (C=O) groups excluding carboxylic acids is 1. The van der Waals surface area contributed by atoms with E-state index in [0.29, 0.717) is 12.8 Å². The van der Waals surface area contributed by atoms with Crippen LogP contribution in [0.2, 0.25) is 0 Å². The number of aliphatic hydroxyl groups is 11. The third-order valence-electron chi connectivity index (χ3n) is 20.7. The van der Waals surface area contributed by atoms with E-state index in [1.807, 2.05) is 0 Å². The smallest absolute Gasteiger partial charge is 0.220 e. The molecule has 0 aromatic rings. The fourth-order valence-electron chi connectivity index (χ4n) is 14.1. The maximum Gasteiger partial charge on any atom is 0.220 e. The van der Waals surface area contributed by atoms with Crippen molar-refractivity contribution >= 4 is 5.91 Å². The van der Waals surface area contributed by atoms with Crippen LogP contribution in [0.1, 0.15) is 335 Å². The molecule has 0 bridgehead atoms.